The largest absolute Gasteiger partial charge is 0.0882 e. The molecule has 90 valence electrons. The summed E-state index contributed by atoms with van der Waals surface area (Å²) < 4.78 is 0. The number of fused-ring (bicyclic) bond motifs is 4. The highest BCUT2D eigenvalue weighted by Gasteiger charge is 2.33. The van der Waals surface area contributed by atoms with Gasteiger partial charge < -0.3 is 0 Å². The van der Waals surface area contributed by atoms with Crippen LogP contribution in [0.3, 0.4) is 0 Å². The van der Waals surface area contributed by atoms with E-state index in [1.54, 1.807) is 11.1 Å². The van der Waals surface area contributed by atoms with E-state index in [-0.39, 0.29) is 0 Å². The molecule has 2 atom stereocenters. The Morgan fingerprint density at radius 1 is 0.647 bits per heavy atom. The lowest BCUT2D eigenvalue weighted by Gasteiger charge is -2.15. The number of hydrogen-bond acceptors (Lipinski definition) is 0. The minimum absolute atomic E-state index is 0.801. The smallest absolute Gasteiger partial charge is 0.00114 e. The quantitative estimate of drug-likeness (QED) is 0.512. The van der Waals surface area contributed by atoms with E-state index in [2.05, 4.69) is 36.5 Å². The molecule has 0 radical (unpaired) electrons. The van der Waals surface area contributed by atoms with Gasteiger partial charge in [0.1, 0.15) is 0 Å². The fourth-order valence-corrected chi connectivity index (χ4v) is 3.53. The van der Waals surface area contributed by atoms with Crippen molar-refractivity contribution in [2.45, 2.75) is 44.9 Å². The van der Waals surface area contributed by atoms with E-state index in [9.17, 15) is 0 Å². The first-order valence-electron chi connectivity index (χ1n) is 7.15. The van der Waals surface area contributed by atoms with E-state index in [1.165, 1.54) is 44.9 Å². The Labute approximate surface area is 105 Å². The molecule has 3 aliphatic rings. The van der Waals surface area contributed by atoms with Gasteiger partial charge >= 0.3 is 0 Å². The minimum atomic E-state index is 0.801. The van der Waals surface area contributed by atoms with E-state index in [1.807, 2.05) is 0 Å². The predicted molar refractivity (Wildman–Crippen MR) is 73.7 cm³/mol. The Hall–Kier alpha value is -1.04. The van der Waals surface area contributed by atoms with E-state index in [4.69, 9.17) is 0 Å². The van der Waals surface area contributed by atoms with Gasteiger partial charge in [0.2, 0.25) is 0 Å². The summed E-state index contributed by atoms with van der Waals surface area (Å²) in [5, 5.41) is 0. The first kappa shape index (κ1) is 11.1. The van der Waals surface area contributed by atoms with E-state index >= 15 is 0 Å². The van der Waals surface area contributed by atoms with Crippen molar-refractivity contribution in [2.75, 3.05) is 0 Å². The zero-order valence-corrected chi connectivity index (χ0v) is 10.6. The monoisotopic (exact) mass is 226 g/mol. The molecule has 3 aliphatic carbocycles. The van der Waals surface area contributed by atoms with Crippen LogP contribution in [0.4, 0.5) is 0 Å². The summed E-state index contributed by atoms with van der Waals surface area (Å²) in [7, 11) is 0. The predicted octanol–water partition coefficient (Wildman–Crippen LogP) is 4.96. The molecule has 3 rings (SSSR count). The van der Waals surface area contributed by atoms with E-state index in [0.717, 1.165) is 11.8 Å². The minimum Gasteiger partial charge on any atom is -0.0882 e. The van der Waals surface area contributed by atoms with Crippen LogP contribution in [-0.4, -0.2) is 0 Å². The molecule has 0 N–H and O–H groups in total. The van der Waals surface area contributed by atoms with Gasteiger partial charge in [-0.2, -0.15) is 0 Å². The van der Waals surface area contributed by atoms with Crippen LogP contribution in [-0.2, 0) is 0 Å². The lowest BCUT2D eigenvalue weighted by Crippen LogP contribution is -1.99. The normalized spacial score (nSPS) is 32.5. The fraction of sp³-hybridized carbons (Fsp3) is 0.529. The van der Waals surface area contributed by atoms with Crippen LogP contribution in [0.1, 0.15) is 44.9 Å². The summed E-state index contributed by atoms with van der Waals surface area (Å²) in [6.45, 7) is 0. The summed E-state index contributed by atoms with van der Waals surface area (Å²) in [6, 6.07) is 0. The molecule has 0 heterocycles. The van der Waals surface area contributed by atoms with Crippen molar-refractivity contribution in [3.05, 3.63) is 47.6 Å². The maximum atomic E-state index is 2.45. The molecule has 0 saturated carbocycles. The Morgan fingerprint density at radius 2 is 1.12 bits per heavy atom. The number of rotatable bonds is 0. The highest BCUT2D eigenvalue weighted by Crippen LogP contribution is 2.47. The molecule has 0 saturated heterocycles. The van der Waals surface area contributed by atoms with Crippen LogP contribution in [0.25, 0.3) is 0 Å². The topological polar surface area (TPSA) is 0 Å². The molecule has 0 aliphatic heterocycles. The van der Waals surface area contributed by atoms with Crippen molar-refractivity contribution in [1.29, 1.82) is 0 Å². The van der Waals surface area contributed by atoms with Gasteiger partial charge in [-0.3, -0.25) is 0 Å². The highest BCUT2D eigenvalue weighted by molar-refractivity contribution is 5.37. The molecule has 0 aromatic rings. The third kappa shape index (κ3) is 2.31. The van der Waals surface area contributed by atoms with Crippen LogP contribution in [0, 0.1) is 11.8 Å². The number of allylic oxidation sites excluding steroid dienone is 8. The van der Waals surface area contributed by atoms with Crippen molar-refractivity contribution in [3.63, 3.8) is 0 Å². The summed E-state index contributed by atoms with van der Waals surface area (Å²) in [4.78, 5) is 0. The van der Waals surface area contributed by atoms with Crippen molar-refractivity contribution >= 4 is 0 Å². The van der Waals surface area contributed by atoms with E-state index in [0.29, 0.717) is 0 Å². The van der Waals surface area contributed by atoms with Crippen LogP contribution < -0.4 is 0 Å². The highest BCUT2D eigenvalue weighted by atomic mass is 14.4. The van der Waals surface area contributed by atoms with Crippen molar-refractivity contribution < 1.29 is 0 Å². The summed E-state index contributed by atoms with van der Waals surface area (Å²) >= 11 is 0. The lowest BCUT2D eigenvalue weighted by atomic mass is 9.90. The van der Waals surface area contributed by atoms with Crippen molar-refractivity contribution in [2.24, 2.45) is 11.8 Å². The molecule has 2 bridgehead atoms. The van der Waals surface area contributed by atoms with Gasteiger partial charge in [0.15, 0.2) is 0 Å². The van der Waals surface area contributed by atoms with Crippen LogP contribution in [0.2, 0.25) is 0 Å². The maximum absolute atomic E-state index is 2.45. The second-order valence-corrected chi connectivity index (χ2v) is 5.48. The van der Waals surface area contributed by atoms with Crippen molar-refractivity contribution in [1.82, 2.24) is 0 Å². The van der Waals surface area contributed by atoms with Gasteiger partial charge in [-0.25, -0.2) is 0 Å². The van der Waals surface area contributed by atoms with E-state index < -0.39 is 0 Å². The van der Waals surface area contributed by atoms with Gasteiger partial charge in [0.05, 0.1) is 0 Å². The molecule has 0 aromatic carbocycles. The van der Waals surface area contributed by atoms with Gasteiger partial charge in [0, 0.05) is 0 Å². The van der Waals surface area contributed by atoms with Crippen LogP contribution in [0.5, 0.6) is 0 Å². The van der Waals surface area contributed by atoms with Gasteiger partial charge in [-0.05, 0) is 56.8 Å². The average molecular weight is 226 g/mol. The average Bonchev–Trinajstić information content (AvgIpc) is 2.89. The number of hydrogen-bond donors (Lipinski definition) is 0. The molecular weight excluding hydrogens is 204 g/mol. The Kier molecular flexibility index (Phi) is 3.31. The second-order valence-electron chi connectivity index (χ2n) is 5.48. The molecule has 17 heavy (non-hydrogen) atoms. The maximum Gasteiger partial charge on any atom is -0.00114 e. The third-order valence-electron chi connectivity index (χ3n) is 4.39. The third-order valence-corrected chi connectivity index (χ3v) is 4.39. The molecule has 0 aromatic heterocycles. The first-order valence-corrected chi connectivity index (χ1v) is 7.15. The zero-order valence-electron chi connectivity index (χ0n) is 10.6. The molecular formula is C17H22. The second kappa shape index (κ2) is 5.08. The standard InChI is InChI=1S/C17H22/c1-2-4-6-8-10-17-15-12-11-14(13-15)16(17)9-7-5-3-1/h3-6,11-12,14-15H,1-2,7-10,13H2. The molecule has 2 unspecified atom stereocenters. The molecule has 0 amide bonds. The van der Waals surface area contributed by atoms with Crippen LogP contribution >= 0.6 is 0 Å². The SMILES string of the molecule is C1=CCCC2=C(CCC=CCC1)C1C=CC2C1. The summed E-state index contributed by atoms with van der Waals surface area (Å²) in [6.07, 6.45) is 23.3. The summed E-state index contributed by atoms with van der Waals surface area (Å²) in [5.41, 5.74) is 3.58. The van der Waals surface area contributed by atoms with Gasteiger partial charge in [-0.1, -0.05) is 47.6 Å². The Morgan fingerprint density at radius 3 is 1.65 bits per heavy atom. The van der Waals surface area contributed by atoms with Gasteiger partial charge in [-0.15, -0.1) is 0 Å². The van der Waals surface area contributed by atoms with Crippen molar-refractivity contribution in [3.8, 4) is 0 Å². The lowest BCUT2D eigenvalue weighted by molar-refractivity contribution is 0.679. The first-order chi connectivity index (χ1) is 8.45. The molecule has 0 fully saturated rings. The zero-order chi connectivity index (χ0) is 11.5. The van der Waals surface area contributed by atoms with Crippen LogP contribution in [0.15, 0.2) is 47.6 Å². The Bertz CT molecular complexity index is 356. The fourth-order valence-electron chi connectivity index (χ4n) is 3.53. The van der Waals surface area contributed by atoms with Gasteiger partial charge in [0.25, 0.3) is 0 Å². The molecule has 0 heteroatoms. The summed E-state index contributed by atoms with van der Waals surface area (Å²) in [5.74, 6) is 1.60. The molecule has 0 nitrogen and oxygen atoms in total. The molecule has 0 spiro atoms. The Balaban J connectivity index is 1.77.